The summed E-state index contributed by atoms with van der Waals surface area (Å²) in [5, 5.41) is 0. The highest BCUT2D eigenvalue weighted by atomic mass is 16.5. The molecule has 0 radical (unpaired) electrons. The number of hydrogen-bond acceptors (Lipinski definition) is 10. The van der Waals surface area contributed by atoms with E-state index in [-0.39, 0.29) is 11.8 Å². The predicted molar refractivity (Wildman–Crippen MR) is 181 cm³/mol. The van der Waals surface area contributed by atoms with Gasteiger partial charge in [0.15, 0.2) is 0 Å². The molecule has 0 atom stereocenters. The lowest BCUT2D eigenvalue weighted by atomic mass is 9.94. The Bertz CT molecular complexity index is 1750. The van der Waals surface area contributed by atoms with Gasteiger partial charge in [-0.25, -0.2) is 19.9 Å². The van der Waals surface area contributed by atoms with Crippen LogP contribution in [-0.2, 0) is 12.8 Å². The predicted octanol–water partition coefficient (Wildman–Crippen LogP) is 6.24. The summed E-state index contributed by atoms with van der Waals surface area (Å²) in [6.07, 6.45) is 1.35. The molecule has 10 heteroatoms. The maximum absolute atomic E-state index is 5.43. The third-order valence-electron chi connectivity index (χ3n) is 7.89. The second-order valence-corrected chi connectivity index (χ2v) is 10.9. The molecule has 0 bridgehead atoms. The van der Waals surface area contributed by atoms with Crippen molar-refractivity contribution in [3.63, 3.8) is 0 Å². The molecule has 10 nitrogen and oxygen atoms in total. The van der Waals surface area contributed by atoms with E-state index < -0.39 is 0 Å². The molecule has 0 saturated carbocycles. The Morgan fingerprint density at radius 3 is 0.875 bits per heavy atom. The molecule has 0 unspecified atom stereocenters. The van der Waals surface area contributed by atoms with Crippen LogP contribution >= 0.6 is 0 Å². The van der Waals surface area contributed by atoms with Crippen LogP contribution in [0.4, 0.5) is 0 Å². The third-order valence-corrected chi connectivity index (χ3v) is 7.89. The summed E-state index contributed by atoms with van der Waals surface area (Å²) >= 11 is 0. The Morgan fingerprint density at radius 1 is 0.354 bits per heavy atom. The third kappa shape index (κ3) is 7.39. The molecule has 0 saturated heterocycles. The highest BCUT2D eigenvalue weighted by molar-refractivity contribution is 5.39. The normalized spacial score (nSPS) is 11.0. The van der Waals surface area contributed by atoms with Crippen LogP contribution in [0.3, 0.4) is 0 Å². The second kappa shape index (κ2) is 15.1. The summed E-state index contributed by atoms with van der Waals surface area (Å²) in [6, 6.07) is 34.9. The molecular formula is C38H36N6O4. The van der Waals surface area contributed by atoms with Gasteiger partial charge in [0.05, 0.1) is 74.4 Å². The fourth-order valence-electron chi connectivity index (χ4n) is 5.58. The van der Waals surface area contributed by atoms with Crippen LogP contribution in [0.1, 0.15) is 57.4 Å². The van der Waals surface area contributed by atoms with Gasteiger partial charge in [-0.2, -0.15) is 0 Å². The van der Waals surface area contributed by atoms with Crippen molar-refractivity contribution < 1.29 is 18.9 Å². The van der Waals surface area contributed by atoms with Gasteiger partial charge in [-0.1, -0.05) is 36.4 Å². The first-order valence-electron chi connectivity index (χ1n) is 15.5. The maximum atomic E-state index is 5.43. The van der Waals surface area contributed by atoms with Gasteiger partial charge in [-0.05, 0) is 61.4 Å². The van der Waals surface area contributed by atoms with Crippen molar-refractivity contribution in [2.24, 2.45) is 0 Å². The molecule has 6 aromatic heterocycles. The van der Waals surface area contributed by atoms with Gasteiger partial charge >= 0.3 is 0 Å². The fraction of sp³-hybridized carbons (Fsp3) is 0.211. The number of pyridine rings is 6. The molecule has 6 aromatic rings. The number of ether oxygens (including phenoxy) is 4. The van der Waals surface area contributed by atoms with Gasteiger partial charge in [0.25, 0.3) is 0 Å². The summed E-state index contributed by atoms with van der Waals surface area (Å²) in [5.74, 6) is 1.43. The van der Waals surface area contributed by atoms with Gasteiger partial charge in [0.1, 0.15) is 0 Å². The van der Waals surface area contributed by atoms with E-state index in [1.54, 1.807) is 28.4 Å². The van der Waals surface area contributed by atoms with E-state index in [9.17, 15) is 0 Å². The molecule has 0 aliphatic rings. The molecule has 48 heavy (non-hydrogen) atoms. The Morgan fingerprint density at radius 2 is 0.604 bits per heavy atom. The van der Waals surface area contributed by atoms with E-state index >= 15 is 0 Å². The Hall–Kier alpha value is -5.90. The number of hydrogen-bond donors (Lipinski definition) is 0. The minimum absolute atomic E-state index is 0.330. The van der Waals surface area contributed by atoms with E-state index in [0.29, 0.717) is 36.4 Å². The van der Waals surface area contributed by atoms with Crippen LogP contribution in [-0.4, -0.2) is 58.3 Å². The molecular weight excluding hydrogens is 604 g/mol. The minimum Gasteiger partial charge on any atom is -0.481 e. The molecule has 0 amide bonds. The van der Waals surface area contributed by atoms with E-state index in [4.69, 9.17) is 48.9 Å². The first kappa shape index (κ1) is 32.1. The SMILES string of the molecule is COc1cccc(C(c2cccc(CCc3cccc(C(c4cccc(OC)n4)c4cccc(OC)n4)n3)n2)c2cccc(OC)n2)n1. The van der Waals surface area contributed by atoms with Crippen molar-refractivity contribution >= 4 is 0 Å². The largest absolute Gasteiger partial charge is 0.481 e. The van der Waals surface area contributed by atoms with Crippen molar-refractivity contribution in [2.45, 2.75) is 24.7 Å². The Balaban J connectivity index is 1.30. The van der Waals surface area contributed by atoms with Crippen LogP contribution in [0, 0.1) is 0 Å². The number of aryl methyl sites for hydroxylation is 2. The van der Waals surface area contributed by atoms with E-state index in [1.165, 1.54) is 0 Å². The number of aromatic nitrogens is 6. The van der Waals surface area contributed by atoms with E-state index in [1.807, 2.05) is 109 Å². The molecule has 6 rings (SSSR count). The first-order chi connectivity index (χ1) is 23.6. The van der Waals surface area contributed by atoms with Crippen molar-refractivity contribution in [1.82, 2.24) is 29.9 Å². The average Bonchev–Trinajstić information content (AvgIpc) is 3.15. The van der Waals surface area contributed by atoms with Gasteiger partial charge < -0.3 is 18.9 Å². The standard InChI is InChI=1S/C38H36N6O4/c1-45-33-19-7-15-29(41-33)37(30-16-8-20-34(42-30)46-2)27-13-5-11-25(39-27)23-24-26-12-6-14-28(40-26)38(31-17-9-21-35(43-31)47-3)32-18-10-22-36(44-32)48-4/h5-22,37-38H,23-24H2,1-4H3. The van der Waals surface area contributed by atoms with Crippen molar-refractivity contribution in [2.75, 3.05) is 28.4 Å². The number of nitrogens with zero attached hydrogens (tertiary/aromatic N) is 6. The van der Waals surface area contributed by atoms with E-state index in [0.717, 1.165) is 45.6 Å². The van der Waals surface area contributed by atoms with E-state index in [2.05, 4.69) is 0 Å². The molecule has 0 spiro atoms. The van der Waals surface area contributed by atoms with Crippen LogP contribution in [0.2, 0.25) is 0 Å². The smallest absolute Gasteiger partial charge is 0.213 e. The zero-order chi connectivity index (χ0) is 33.3. The molecule has 0 aromatic carbocycles. The minimum atomic E-state index is -0.330. The van der Waals surface area contributed by atoms with Gasteiger partial charge in [0, 0.05) is 35.7 Å². The van der Waals surface area contributed by atoms with Crippen LogP contribution in [0.15, 0.2) is 109 Å². The zero-order valence-electron chi connectivity index (χ0n) is 27.3. The number of rotatable bonds is 13. The number of methoxy groups -OCH3 is 4. The molecule has 0 aliphatic carbocycles. The first-order valence-corrected chi connectivity index (χ1v) is 15.5. The Labute approximate surface area is 279 Å². The molecule has 0 aliphatic heterocycles. The summed E-state index contributed by atoms with van der Waals surface area (Å²) in [6.45, 7) is 0. The zero-order valence-corrected chi connectivity index (χ0v) is 27.3. The molecule has 0 fully saturated rings. The van der Waals surface area contributed by atoms with Gasteiger partial charge in [-0.15, -0.1) is 0 Å². The lowest BCUT2D eigenvalue weighted by Crippen LogP contribution is -2.12. The highest BCUT2D eigenvalue weighted by Crippen LogP contribution is 2.32. The van der Waals surface area contributed by atoms with Crippen LogP contribution in [0.25, 0.3) is 0 Å². The molecule has 6 heterocycles. The molecule has 0 N–H and O–H groups in total. The molecule has 242 valence electrons. The summed E-state index contributed by atoms with van der Waals surface area (Å²) in [4.78, 5) is 29.2. The quantitative estimate of drug-likeness (QED) is 0.144. The van der Waals surface area contributed by atoms with Gasteiger partial charge in [-0.3, -0.25) is 9.97 Å². The highest BCUT2D eigenvalue weighted by Gasteiger charge is 2.24. The summed E-state index contributed by atoms with van der Waals surface area (Å²) in [5.41, 5.74) is 6.60. The summed E-state index contributed by atoms with van der Waals surface area (Å²) < 4.78 is 21.7. The maximum Gasteiger partial charge on any atom is 0.213 e. The lowest BCUT2D eigenvalue weighted by Gasteiger charge is -2.18. The summed E-state index contributed by atoms with van der Waals surface area (Å²) in [7, 11) is 6.43. The average molecular weight is 641 g/mol. The fourth-order valence-corrected chi connectivity index (χ4v) is 5.58. The van der Waals surface area contributed by atoms with Crippen molar-refractivity contribution in [3.05, 3.63) is 155 Å². The Kier molecular flexibility index (Phi) is 10.1. The monoisotopic (exact) mass is 640 g/mol. The topological polar surface area (TPSA) is 114 Å². The van der Waals surface area contributed by atoms with Crippen LogP contribution < -0.4 is 18.9 Å². The lowest BCUT2D eigenvalue weighted by molar-refractivity contribution is 0.393. The van der Waals surface area contributed by atoms with Crippen LogP contribution in [0.5, 0.6) is 23.5 Å². The second-order valence-electron chi connectivity index (χ2n) is 10.9. The van der Waals surface area contributed by atoms with Crippen molar-refractivity contribution in [3.8, 4) is 23.5 Å². The van der Waals surface area contributed by atoms with Gasteiger partial charge in [0.2, 0.25) is 23.5 Å². The van der Waals surface area contributed by atoms with Crippen molar-refractivity contribution in [1.29, 1.82) is 0 Å².